The van der Waals surface area contributed by atoms with Crippen molar-refractivity contribution in [2.45, 2.75) is 13.8 Å². The van der Waals surface area contributed by atoms with E-state index < -0.39 is 0 Å². The highest BCUT2D eigenvalue weighted by Gasteiger charge is 2.23. The molecular formula is C18H22N2O3. The summed E-state index contributed by atoms with van der Waals surface area (Å²) in [6.45, 7) is 7.61. The lowest BCUT2D eigenvalue weighted by molar-refractivity contribution is -0.105. The van der Waals surface area contributed by atoms with Crippen molar-refractivity contribution in [1.82, 2.24) is 4.90 Å². The van der Waals surface area contributed by atoms with Crippen molar-refractivity contribution >= 4 is 17.8 Å². The number of rotatable bonds is 3. The average molecular weight is 314 g/mol. The number of benzene rings is 1. The van der Waals surface area contributed by atoms with Crippen LogP contribution in [0.5, 0.6) is 5.75 Å². The van der Waals surface area contributed by atoms with Crippen LogP contribution in [0.3, 0.4) is 0 Å². The first-order valence-corrected chi connectivity index (χ1v) is 8.02. The van der Waals surface area contributed by atoms with Gasteiger partial charge in [-0.15, -0.1) is 0 Å². The van der Waals surface area contributed by atoms with Crippen LogP contribution in [-0.4, -0.2) is 49.9 Å². The third kappa shape index (κ3) is 3.29. The number of para-hydroxylation sites is 1. The molecular weight excluding hydrogens is 292 g/mol. The van der Waals surface area contributed by atoms with Gasteiger partial charge in [-0.2, -0.15) is 0 Å². The predicted molar refractivity (Wildman–Crippen MR) is 89.6 cm³/mol. The van der Waals surface area contributed by atoms with Gasteiger partial charge in [0.2, 0.25) is 0 Å². The van der Waals surface area contributed by atoms with E-state index in [1.807, 2.05) is 24.3 Å². The molecule has 0 aromatic heterocycles. The van der Waals surface area contributed by atoms with Crippen molar-refractivity contribution < 1.29 is 14.3 Å². The van der Waals surface area contributed by atoms with Gasteiger partial charge in [-0.25, -0.2) is 4.99 Å². The van der Waals surface area contributed by atoms with Gasteiger partial charge >= 0.3 is 0 Å². The molecule has 0 bridgehead atoms. The van der Waals surface area contributed by atoms with Crippen LogP contribution in [0, 0.1) is 5.92 Å². The molecule has 2 heterocycles. The lowest BCUT2D eigenvalue weighted by Gasteiger charge is -2.32. The largest absolute Gasteiger partial charge is 0.488 e. The Morgan fingerprint density at radius 1 is 1.26 bits per heavy atom. The molecule has 2 aliphatic heterocycles. The van der Waals surface area contributed by atoms with E-state index in [4.69, 9.17) is 14.5 Å². The van der Waals surface area contributed by atoms with E-state index in [-0.39, 0.29) is 12.5 Å². The first-order valence-electron chi connectivity index (χ1n) is 8.02. The van der Waals surface area contributed by atoms with Crippen molar-refractivity contribution in [3.05, 3.63) is 35.4 Å². The van der Waals surface area contributed by atoms with Crippen LogP contribution in [-0.2, 0) is 9.53 Å². The van der Waals surface area contributed by atoms with Crippen LogP contribution in [0.1, 0.15) is 19.4 Å². The standard InChI is InChI=1S/C18H22N2O3/c1-13(2)18(20-7-9-22-10-8-20)19-17-14(11-21)12-23-16-6-4-3-5-15(16)17/h3-6,11,13H,7-10,12H2,1-2H3. The fourth-order valence-electron chi connectivity index (χ4n) is 2.88. The summed E-state index contributed by atoms with van der Waals surface area (Å²) in [5, 5.41) is 0. The van der Waals surface area contributed by atoms with Gasteiger partial charge in [0.1, 0.15) is 18.2 Å². The second-order valence-electron chi connectivity index (χ2n) is 6.00. The molecule has 2 aliphatic rings. The molecule has 3 rings (SSSR count). The van der Waals surface area contributed by atoms with E-state index in [9.17, 15) is 4.79 Å². The summed E-state index contributed by atoms with van der Waals surface area (Å²) in [6.07, 6.45) is 0.853. The van der Waals surface area contributed by atoms with Crippen molar-refractivity contribution in [3.8, 4) is 5.75 Å². The molecule has 0 N–H and O–H groups in total. The summed E-state index contributed by atoms with van der Waals surface area (Å²) in [6, 6.07) is 7.73. The molecule has 1 aromatic carbocycles. The Bertz CT molecular complexity index is 643. The summed E-state index contributed by atoms with van der Waals surface area (Å²) in [5.41, 5.74) is 2.21. The molecule has 122 valence electrons. The number of carbonyl (C=O) groups excluding carboxylic acids is 1. The molecule has 0 aliphatic carbocycles. The zero-order valence-corrected chi connectivity index (χ0v) is 13.6. The normalized spacial score (nSPS) is 18.7. The number of morpholine rings is 1. The summed E-state index contributed by atoms with van der Waals surface area (Å²) in [5.74, 6) is 2.05. The number of amidine groups is 1. The maximum atomic E-state index is 11.5. The minimum absolute atomic E-state index is 0.267. The molecule has 1 saturated heterocycles. The maximum absolute atomic E-state index is 11.5. The van der Waals surface area contributed by atoms with Crippen molar-refractivity contribution in [3.63, 3.8) is 0 Å². The molecule has 23 heavy (non-hydrogen) atoms. The van der Waals surface area contributed by atoms with E-state index in [0.29, 0.717) is 18.8 Å². The Morgan fingerprint density at radius 3 is 2.70 bits per heavy atom. The molecule has 1 fully saturated rings. The second-order valence-corrected chi connectivity index (χ2v) is 6.00. The lowest BCUT2D eigenvalue weighted by atomic mass is 10.0. The highest BCUT2D eigenvalue weighted by atomic mass is 16.5. The Balaban J connectivity index is 2.04. The molecule has 0 spiro atoms. The van der Waals surface area contributed by atoms with Crippen LogP contribution >= 0.6 is 0 Å². The van der Waals surface area contributed by atoms with Gasteiger partial charge in [0.25, 0.3) is 0 Å². The Labute approximate surface area is 136 Å². The van der Waals surface area contributed by atoms with Gasteiger partial charge in [0, 0.05) is 24.6 Å². The second kappa shape index (κ2) is 6.96. The molecule has 0 amide bonds. The minimum Gasteiger partial charge on any atom is -0.488 e. The van der Waals surface area contributed by atoms with Gasteiger partial charge in [0.05, 0.1) is 24.5 Å². The van der Waals surface area contributed by atoms with Crippen molar-refractivity contribution in [1.29, 1.82) is 0 Å². The van der Waals surface area contributed by atoms with Crippen LogP contribution in [0.4, 0.5) is 0 Å². The quantitative estimate of drug-likeness (QED) is 0.488. The Kier molecular flexibility index (Phi) is 4.76. The smallest absolute Gasteiger partial charge is 0.151 e. The first kappa shape index (κ1) is 15.7. The number of hydrogen-bond donors (Lipinski definition) is 0. The minimum atomic E-state index is 0.267. The van der Waals surface area contributed by atoms with Crippen molar-refractivity contribution in [2.24, 2.45) is 10.9 Å². The number of carbonyl (C=O) groups is 1. The van der Waals surface area contributed by atoms with E-state index in [2.05, 4.69) is 18.7 Å². The number of aliphatic imine (C=N–C) groups is 1. The van der Waals surface area contributed by atoms with Gasteiger partial charge in [-0.3, -0.25) is 4.79 Å². The molecule has 1 aromatic rings. The Morgan fingerprint density at radius 2 is 2.00 bits per heavy atom. The fraction of sp³-hybridized carbons (Fsp3) is 0.444. The van der Waals surface area contributed by atoms with Crippen LogP contribution in [0.2, 0.25) is 0 Å². The SMILES string of the molecule is CC(C)C(=NC1=C(C=O)COc2ccccc21)N1CCOCC1. The summed E-state index contributed by atoms with van der Waals surface area (Å²) in [4.78, 5) is 18.6. The molecule has 0 saturated carbocycles. The molecule has 0 atom stereocenters. The summed E-state index contributed by atoms with van der Waals surface area (Å²) >= 11 is 0. The van der Waals surface area contributed by atoms with E-state index >= 15 is 0 Å². The monoisotopic (exact) mass is 314 g/mol. The van der Waals surface area contributed by atoms with E-state index in [1.165, 1.54) is 0 Å². The zero-order valence-electron chi connectivity index (χ0n) is 13.6. The number of ether oxygens (including phenoxy) is 2. The highest BCUT2D eigenvalue weighted by molar-refractivity contribution is 5.96. The highest BCUT2D eigenvalue weighted by Crippen LogP contribution is 2.33. The van der Waals surface area contributed by atoms with Gasteiger partial charge in [-0.05, 0) is 12.1 Å². The fourth-order valence-corrected chi connectivity index (χ4v) is 2.88. The van der Waals surface area contributed by atoms with Crippen LogP contribution in [0.15, 0.2) is 34.8 Å². The van der Waals surface area contributed by atoms with Crippen molar-refractivity contribution in [2.75, 3.05) is 32.9 Å². The third-order valence-corrected chi connectivity index (χ3v) is 4.05. The average Bonchev–Trinajstić information content (AvgIpc) is 2.59. The summed E-state index contributed by atoms with van der Waals surface area (Å²) < 4.78 is 11.1. The number of aldehydes is 1. The molecule has 5 heteroatoms. The van der Waals surface area contributed by atoms with E-state index in [0.717, 1.165) is 42.2 Å². The molecule has 0 radical (unpaired) electrons. The maximum Gasteiger partial charge on any atom is 0.151 e. The first-order chi connectivity index (χ1) is 11.2. The number of hydrogen-bond acceptors (Lipinski definition) is 4. The lowest BCUT2D eigenvalue weighted by Crippen LogP contribution is -2.43. The topological polar surface area (TPSA) is 51.1 Å². The number of fused-ring (bicyclic) bond motifs is 1. The van der Waals surface area contributed by atoms with E-state index in [1.54, 1.807) is 0 Å². The van der Waals surface area contributed by atoms with Crippen LogP contribution < -0.4 is 4.74 Å². The predicted octanol–water partition coefficient (Wildman–Crippen LogP) is 2.38. The Hall–Kier alpha value is -2.14. The molecule has 5 nitrogen and oxygen atoms in total. The third-order valence-electron chi connectivity index (χ3n) is 4.05. The van der Waals surface area contributed by atoms with Gasteiger partial charge in [0.15, 0.2) is 6.29 Å². The van der Waals surface area contributed by atoms with Gasteiger partial charge < -0.3 is 14.4 Å². The zero-order chi connectivity index (χ0) is 16.2. The summed E-state index contributed by atoms with van der Waals surface area (Å²) in [7, 11) is 0. The number of nitrogens with zero attached hydrogens (tertiary/aromatic N) is 2. The van der Waals surface area contributed by atoms with Gasteiger partial charge in [-0.1, -0.05) is 26.0 Å². The molecule has 0 unspecified atom stereocenters. The van der Waals surface area contributed by atoms with Crippen LogP contribution in [0.25, 0.3) is 5.70 Å².